The van der Waals surface area contributed by atoms with Crippen LogP contribution in [0, 0.1) is 0 Å². The summed E-state index contributed by atoms with van der Waals surface area (Å²) in [5, 5.41) is 0. The van der Waals surface area contributed by atoms with E-state index in [1.807, 2.05) is 79.7 Å². The fourth-order valence-corrected chi connectivity index (χ4v) is 4.22. The predicted molar refractivity (Wildman–Crippen MR) is 131 cm³/mol. The number of fused-ring (bicyclic) bond motifs is 1. The number of hydrogen-bond donors (Lipinski definition) is 0. The van der Waals surface area contributed by atoms with Gasteiger partial charge in [0.25, 0.3) is 11.8 Å². The Morgan fingerprint density at radius 1 is 0.735 bits per heavy atom. The first-order chi connectivity index (χ1) is 16.5. The van der Waals surface area contributed by atoms with E-state index in [-0.39, 0.29) is 12.3 Å². The highest BCUT2D eigenvalue weighted by Gasteiger charge is 2.43. The van der Waals surface area contributed by atoms with Gasteiger partial charge in [-0.1, -0.05) is 72.8 Å². The van der Waals surface area contributed by atoms with Gasteiger partial charge in [-0.25, -0.2) is 0 Å². The van der Waals surface area contributed by atoms with E-state index in [0.717, 1.165) is 16.0 Å². The van der Waals surface area contributed by atoms with Crippen molar-refractivity contribution in [2.75, 3.05) is 27.2 Å². The van der Waals surface area contributed by atoms with Crippen molar-refractivity contribution in [1.82, 2.24) is 14.7 Å². The molecule has 3 amide bonds. The van der Waals surface area contributed by atoms with Crippen molar-refractivity contribution in [1.29, 1.82) is 0 Å². The van der Waals surface area contributed by atoms with Crippen LogP contribution in [-0.4, -0.2) is 65.6 Å². The number of benzene rings is 3. The summed E-state index contributed by atoms with van der Waals surface area (Å²) in [6, 6.07) is 25.1. The highest BCUT2D eigenvalue weighted by Crippen LogP contribution is 2.27. The minimum atomic E-state index is -0.930. The molecule has 0 radical (unpaired) electrons. The van der Waals surface area contributed by atoms with Crippen LogP contribution in [0.1, 0.15) is 31.8 Å². The average molecular weight is 456 g/mol. The van der Waals surface area contributed by atoms with E-state index in [1.54, 1.807) is 29.2 Å². The second-order valence-electron chi connectivity index (χ2n) is 8.78. The molecule has 1 aliphatic heterocycles. The fraction of sp³-hybridized carbons (Fsp3) is 0.250. The molecule has 0 unspecified atom stereocenters. The summed E-state index contributed by atoms with van der Waals surface area (Å²) in [4.78, 5) is 45.6. The summed E-state index contributed by atoms with van der Waals surface area (Å²) in [5.74, 6) is -1.06. The quantitative estimate of drug-likeness (QED) is 0.464. The maximum absolute atomic E-state index is 14.1. The van der Waals surface area contributed by atoms with Crippen LogP contribution in [0.15, 0.2) is 84.9 Å². The monoisotopic (exact) mass is 455 g/mol. The van der Waals surface area contributed by atoms with Gasteiger partial charge in [-0.05, 0) is 37.4 Å². The molecule has 174 valence electrons. The van der Waals surface area contributed by atoms with E-state index in [1.165, 1.54) is 0 Å². The Kier molecular flexibility index (Phi) is 7.18. The summed E-state index contributed by atoms with van der Waals surface area (Å²) in [5.41, 5.74) is 2.59. The molecule has 1 aliphatic rings. The number of nitrogens with zero attached hydrogens (tertiary/aromatic N) is 3. The molecule has 34 heavy (non-hydrogen) atoms. The Bertz CT molecular complexity index is 1130. The van der Waals surface area contributed by atoms with Crippen molar-refractivity contribution in [2.45, 2.75) is 19.0 Å². The van der Waals surface area contributed by atoms with Crippen LogP contribution in [0.25, 0.3) is 0 Å². The van der Waals surface area contributed by atoms with Gasteiger partial charge in [0, 0.05) is 26.1 Å². The fourth-order valence-electron chi connectivity index (χ4n) is 4.22. The Labute approximate surface area is 200 Å². The van der Waals surface area contributed by atoms with E-state index >= 15 is 0 Å². The first kappa shape index (κ1) is 23.4. The maximum Gasteiger partial charge on any atom is 0.262 e. The number of carbonyl (C=O) groups is 3. The van der Waals surface area contributed by atoms with Gasteiger partial charge in [0.2, 0.25) is 5.91 Å². The third kappa shape index (κ3) is 5.07. The minimum Gasteiger partial charge on any atom is -0.335 e. The molecule has 4 rings (SSSR count). The highest BCUT2D eigenvalue weighted by atomic mass is 16.2. The summed E-state index contributed by atoms with van der Waals surface area (Å²) in [6.07, 6.45) is 0.262. The Balaban J connectivity index is 1.69. The van der Waals surface area contributed by atoms with Crippen molar-refractivity contribution in [3.8, 4) is 0 Å². The minimum absolute atomic E-state index is 0.232. The molecule has 1 atom stereocenters. The van der Waals surface area contributed by atoms with Crippen molar-refractivity contribution in [3.05, 3.63) is 107 Å². The summed E-state index contributed by atoms with van der Waals surface area (Å²) in [7, 11) is 3.91. The first-order valence-electron chi connectivity index (χ1n) is 11.4. The van der Waals surface area contributed by atoms with Gasteiger partial charge in [-0.3, -0.25) is 19.3 Å². The van der Waals surface area contributed by atoms with E-state index in [2.05, 4.69) is 0 Å². The molecule has 0 saturated heterocycles. The van der Waals surface area contributed by atoms with Gasteiger partial charge in [-0.15, -0.1) is 0 Å². The zero-order chi connectivity index (χ0) is 24.1. The second kappa shape index (κ2) is 10.4. The van der Waals surface area contributed by atoms with Gasteiger partial charge in [0.15, 0.2) is 0 Å². The van der Waals surface area contributed by atoms with Crippen LogP contribution >= 0.6 is 0 Å². The van der Waals surface area contributed by atoms with Crippen molar-refractivity contribution < 1.29 is 14.4 Å². The van der Waals surface area contributed by atoms with Gasteiger partial charge < -0.3 is 9.80 Å². The molecule has 0 bridgehead atoms. The van der Waals surface area contributed by atoms with Crippen LogP contribution in [0.3, 0.4) is 0 Å². The van der Waals surface area contributed by atoms with E-state index in [0.29, 0.717) is 30.8 Å². The molecular formula is C28H29N3O3. The lowest BCUT2D eigenvalue weighted by Crippen LogP contribution is -2.52. The van der Waals surface area contributed by atoms with Crippen molar-refractivity contribution in [2.24, 2.45) is 0 Å². The molecule has 1 heterocycles. The first-order valence-corrected chi connectivity index (χ1v) is 11.4. The van der Waals surface area contributed by atoms with Gasteiger partial charge >= 0.3 is 0 Å². The van der Waals surface area contributed by atoms with Crippen molar-refractivity contribution >= 4 is 17.7 Å². The molecule has 0 aromatic heterocycles. The molecule has 0 spiro atoms. The lowest BCUT2D eigenvalue weighted by atomic mass is 10.0. The molecule has 0 aliphatic carbocycles. The largest absolute Gasteiger partial charge is 0.335 e. The molecular weight excluding hydrogens is 426 g/mol. The average Bonchev–Trinajstić information content (AvgIpc) is 3.11. The Morgan fingerprint density at radius 3 is 1.76 bits per heavy atom. The molecule has 0 saturated carbocycles. The zero-order valence-electron chi connectivity index (χ0n) is 19.6. The molecule has 0 fully saturated rings. The third-order valence-corrected chi connectivity index (χ3v) is 6.04. The Morgan fingerprint density at radius 2 is 1.24 bits per heavy atom. The second-order valence-corrected chi connectivity index (χ2v) is 8.78. The van der Waals surface area contributed by atoms with Crippen molar-refractivity contribution in [3.63, 3.8) is 0 Å². The number of amides is 3. The van der Waals surface area contributed by atoms with Crippen LogP contribution < -0.4 is 0 Å². The standard InChI is InChI=1S/C28H29N3O3/c1-29(2)17-18-30(20-22-13-7-4-8-14-22)28(34)25(19-21-11-5-3-6-12-21)31-26(32)23-15-9-10-16-24(23)27(31)33/h3-16,25H,17-20H2,1-2H3/t25-/m0/s1. The van der Waals surface area contributed by atoms with Gasteiger partial charge in [-0.2, -0.15) is 0 Å². The molecule has 6 nitrogen and oxygen atoms in total. The molecule has 3 aromatic carbocycles. The lowest BCUT2D eigenvalue weighted by molar-refractivity contribution is -0.136. The summed E-state index contributed by atoms with van der Waals surface area (Å²) in [6.45, 7) is 1.55. The van der Waals surface area contributed by atoms with Gasteiger partial charge in [0.1, 0.15) is 6.04 Å². The molecule has 0 N–H and O–H groups in total. The zero-order valence-corrected chi connectivity index (χ0v) is 19.6. The van der Waals surface area contributed by atoms with Crippen LogP contribution in [-0.2, 0) is 17.8 Å². The lowest BCUT2D eigenvalue weighted by Gasteiger charge is -2.32. The summed E-state index contributed by atoms with van der Waals surface area (Å²) < 4.78 is 0. The third-order valence-electron chi connectivity index (χ3n) is 6.04. The van der Waals surface area contributed by atoms with Crippen LogP contribution in [0.4, 0.5) is 0 Å². The van der Waals surface area contributed by atoms with E-state index in [4.69, 9.17) is 0 Å². The number of rotatable bonds is 9. The SMILES string of the molecule is CN(C)CCN(Cc1ccccc1)C(=O)[C@H](Cc1ccccc1)N1C(=O)c2ccccc2C1=O. The van der Waals surface area contributed by atoms with E-state index < -0.39 is 17.9 Å². The number of hydrogen-bond acceptors (Lipinski definition) is 4. The maximum atomic E-state index is 14.1. The van der Waals surface area contributed by atoms with E-state index in [9.17, 15) is 14.4 Å². The topological polar surface area (TPSA) is 60.9 Å². The normalized spacial score (nSPS) is 13.8. The predicted octanol–water partition coefficient (Wildman–Crippen LogP) is 3.48. The smallest absolute Gasteiger partial charge is 0.262 e. The molecule has 3 aromatic rings. The number of carbonyl (C=O) groups excluding carboxylic acids is 3. The van der Waals surface area contributed by atoms with Crippen LogP contribution in [0.2, 0.25) is 0 Å². The highest BCUT2D eigenvalue weighted by molar-refractivity contribution is 6.22. The molecule has 6 heteroatoms. The summed E-state index contributed by atoms with van der Waals surface area (Å²) >= 11 is 0. The van der Waals surface area contributed by atoms with Gasteiger partial charge in [0.05, 0.1) is 11.1 Å². The number of likely N-dealkylation sites (N-methyl/N-ethyl adjacent to an activating group) is 1. The van der Waals surface area contributed by atoms with Crippen LogP contribution in [0.5, 0.6) is 0 Å². The Hall–Kier alpha value is -3.77. The number of imide groups is 1.